The molecule has 4 nitrogen and oxygen atoms in total. The zero-order valence-corrected chi connectivity index (χ0v) is 10.7. The van der Waals surface area contributed by atoms with Gasteiger partial charge in [-0.3, -0.25) is 0 Å². The minimum atomic E-state index is -0.0434. The van der Waals surface area contributed by atoms with Crippen molar-refractivity contribution < 1.29 is 0 Å². The van der Waals surface area contributed by atoms with Crippen molar-refractivity contribution in [3.05, 3.63) is 12.7 Å². The summed E-state index contributed by atoms with van der Waals surface area (Å²) in [5.74, 6) is 1.93. The summed E-state index contributed by atoms with van der Waals surface area (Å²) in [6.07, 6.45) is 7.31. The van der Waals surface area contributed by atoms with Crippen molar-refractivity contribution in [2.45, 2.75) is 45.3 Å². The molecule has 1 fully saturated rings. The molecule has 4 atom stereocenters. The molecule has 0 spiro atoms. The Hall–Kier alpha value is -1.32. The van der Waals surface area contributed by atoms with Crippen LogP contribution in [0.25, 0.3) is 0 Å². The number of aliphatic imine (C=N–C) groups is 2. The number of guanidine groups is 1. The molecule has 3 unspecified atom stereocenters. The van der Waals surface area contributed by atoms with Gasteiger partial charge in [0.15, 0.2) is 0 Å². The second-order valence-electron chi connectivity index (χ2n) is 5.25. The summed E-state index contributed by atoms with van der Waals surface area (Å²) in [6.45, 7) is 8.50. The Labute approximate surface area is 103 Å². The van der Waals surface area contributed by atoms with Gasteiger partial charge in [-0.2, -0.15) is 0 Å². The van der Waals surface area contributed by atoms with Gasteiger partial charge in [0.1, 0.15) is 6.17 Å². The highest BCUT2D eigenvalue weighted by Gasteiger charge is 2.31. The normalized spacial score (nSPS) is 37.8. The average molecular weight is 234 g/mol. The molecule has 2 N–H and O–H groups in total. The SMILES string of the molecule is C=CC1N=C(N)N=CN1[C@H]1CCC(C)C(C)C1. The van der Waals surface area contributed by atoms with E-state index in [1.54, 1.807) is 0 Å². The quantitative estimate of drug-likeness (QED) is 0.743. The van der Waals surface area contributed by atoms with E-state index in [1.165, 1.54) is 19.3 Å². The summed E-state index contributed by atoms with van der Waals surface area (Å²) in [4.78, 5) is 10.6. The third kappa shape index (κ3) is 2.51. The number of nitrogens with zero attached hydrogens (tertiary/aromatic N) is 3. The van der Waals surface area contributed by atoms with E-state index in [9.17, 15) is 0 Å². The van der Waals surface area contributed by atoms with E-state index >= 15 is 0 Å². The van der Waals surface area contributed by atoms with Crippen molar-refractivity contribution in [1.82, 2.24) is 4.90 Å². The molecule has 1 aliphatic heterocycles. The molecule has 2 aliphatic rings. The van der Waals surface area contributed by atoms with Crippen LogP contribution in [0.1, 0.15) is 33.1 Å². The zero-order chi connectivity index (χ0) is 12.4. The van der Waals surface area contributed by atoms with Crippen LogP contribution in [-0.4, -0.2) is 29.4 Å². The average Bonchev–Trinajstić information content (AvgIpc) is 2.32. The Kier molecular flexibility index (Phi) is 3.50. The fourth-order valence-corrected chi connectivity index (χ4v) is 2.70. The van der Waals surface area contributed by atoms with Crippen LogP contribution in [0.15, 0.2) is 22.6 Å². The Morgan fingerprint density at radius 3 is 2.82 bits per heavy atom. The lowest BCUT2D eigenvalue weighted by Crippen LogP contribution is -2.46. The van der Waals surface area contributed by atoms with Crippen LogP contribution in [0, 0.1) is 11.8 Å². The Bertz CT molecular complexity index is 347. The largest absolute Gasteiger partial charge is 0.368 e. The summed E-state index contributed by atoms with van der Waals surface area (Å²) >= 11 is 0. The maximum absolute atomic E-state index is 5.62. The molecule has 0 aromatic heterocycles. The molecule has 4 heteroatoms. The van der Waals surface area contributed by atoms with Crippen molar-refractivity contribution in [3.8, 4) is 0 Å². The lowest BCUT2D eigenvalue weighted by Gasteiger charge is -2.41. The van der Waals surface area contributed by atoms with E-state index in [2.05, 4.69) is 35.3 Å². The molecule has 0 saturated heterocycles. The summed E-state index contributed by atoms with van der Waals surface area (Å²) in [7, 11) is 0. The lowest BCUT2D eigenvalue weighted by molar-refractivity contribution is 0.151. The van der Waals surface area contributed by atoms with Gasteiger partial charge in [0.05, 0.1) is 6.34 Å². The van der Waals surface area contributed by atoms with Crippen LogP contribution in [0.3, 0.4) is 0 Å². The first-order valence-corrected chi connectivity index (χ1v) is 6.39. The minimum Gasteiger partial charge on any atom is -0.368 e. The van der Waals surface area contributed by atoms with Gasteiger partial charge in [-0.25, -0.2) is 9.98 Å². The van der Waals surface area contributed by atoms with Gasteiger partial charge >= 0.3 is 0 Å². The lowest BCUT2D eigenvalue weighted by atomic mass is 9.78. The first kappa shape index (κ1) is 12.1. The fraction of sp³-hybridized carbons (Fsp3) is 0.692. The second kappa shape index (κ2) is 4.90. The predicted molar refractivity (Wildman–Crippen MR) is 71.9 cm³/mol. The van der Waals surface area contributed by atoms with E-state index < -0.39 is 0 Å². The van der Waals surface area contributed by atoms with Crippen LogP contribution in [0.5, 0.6) is 0 Å². The maximum Gasteiger partial charge on any atom is 0.219 e. The Morgan fingerprint density at radius 2 is 2.18 bits per heavy atom. The smallest absolute Gasteiger partial charge is 0.219 e. The second-order valence-corrected chi connectivity index (χ2v) is 5.25. The molecule has 1 aliphatic carbocycles. The van der Waals surface area contributed by atoms with Crippen LogP contribution < -0.4 is 5.73 Å². The van der Waals surface area contributed by atoms with E-state index in [-0.39, 0.29) is 6.17 Å². The topological polar surface area (TPSA) is 54.0 Å². The zero-order valence-electron chi connectivity index (χ0n) is 10.7. The van der Waals surface area contributed by atoms with Gasteiger partial charge in [-0.15, -0.1) is 0 Å². The van der Waals surface area contributed by atoms with Gasteiger partial charge in [-0.1, -0.05) is 20.4 Å². The molecule has 94 valence electrons. The van der Waals surface area contributed by atoms with Gasteiger partial charge in [0.25, 0.3) is 0 Å². The first-order valence-electron chi connectivity index (χ1n) is 6.39. The summed E-state index contributed by atoms with van der Waals surface area (Å²) < 4.78 is 0. The molecule has 0 radical (unpaired) electrons. The Balaban J connectivity index is 2.07. The van der Waals surface area contributed by atoms with Gasteiger partial charge in [0, 0.05) is 6.04 Å². The third-order valence-corrected chi connectivity index (χ3v) is 4.10. The molecule has 1 saturated carbocycles. The van der Waals surface area contributed by atoms with Crippen molar-refractivity contribution in [2.75, 3.05) is 0 Å². The van der Waals surface area contributed by atoms with Crippen molar-refractivity contribution in [1.29, 1.82) is 0 Å². The number of hydrogen-bond donors (Lipinski definition) is 1. The minimum absolute atomic E-state index is 0.0434. The Morgan fingerprint density at radius 1 is 1.41 bits per heavy atom. The highest BCUT2D eigenvalue weighted by atomic mass is 15.3. The fourth-order valence-electron chi connectivity index (χ4n) is 2.70. The molecular formula is C13H22N4. The first-order chi connectivity index (χ1) is 8.11. The van der Waals surface area contributed by atoms with E-state index in [0.717, 1.165) is 11.8 Å². The standard InChI is InChI=1S/C13H22N4/c1-4-12-16-13(14)15-8-17(12)11-6-5-9(2)10(3)7-11/h4,8-12H,1,5-7H2,2-3H3,(H2,14,16)/t9?,10?,11-,12?/m0/s1. The monoisotopic (exact) mass is 234 g/mol. The summed E-state index contributed by atoms with van der Waals surface area (Å²) in [6, 6.07) is 0.518. The van der Waals surface area contributed by atoms with Crippen molar-refractivity contribution in [2.24, 2.45) is 27.6 Å². The number of nitrogens with two attached hydrogens (primary N) is 1. The summed E-state index contributed by atoms with van der Waals surface area (Å²) in [5.41, 5.74) is 5.62. The predicted octanol–water partition coefficient (Wildman–Crippen LogP) is 1.98. The van der Waals surface area contributed by atoms with Gasteiger partial charge in [0.2, 0.25) is 5.96 Å². The van der Waals surface area contributed by atoms with Crippen LogP contribution in [-0.2, 0) is 0 Å². The molecule has 0 aromatic rings. The third-order valence-electron chi connectivity index (χ3n) is 4.10. The molecular weight excluding hydrogens is 212 g/mol. The number of hydrogen-bond acceptors (Lipinski definition) is 4. The highest BCUT2D eigenvalue weighted by Crippen LogP contribution is 2.32. The highest BCUT2D eigenvalue weighted by molar-refractivity contribution is 5.87. The molecule has 2 rings (SSSR count). The molecule has 0 amide bonds. The van der Waals surface area contributed by atoms with Gasteiger partial charge < -0.3 is 10.6 Å². The van der Waals surface area contributed by atoms with Crippen LogP contribution >= 0.6 is 0 Å². The molecule has 17 heavy (non-hydrogen) atoms. The van der Waals surface area contributed by atoms with Crippen molar-refractivity contribution >= 4 is 12.3 Å². The molecule has 0 bridgehead atoms. The van der Waals surface area contributed by atoms with Crippen molar-refractivity contribution in [3.63, 3.8) is 0 Å². The maximum atomic E-state index is 5.62. The summed E-state index contributed by atoms with van der Waals surface area (Å²) in [5, 5.41) is 0. The van der Waals surface area contributed by atoms with E-state index in [0.29, 0.717) is 12.0 Å². The van der Waals surface area contributed by atoms with Crippen LogP contribution in [0.4, 0.5) is 0 Å². The number of rotatable bonds is 2. The van der Waals surface area contributed by atoms with E-state index in [1.807, 2.05) is 12.4 Å². The molecule has 1 heterocycles. The molecule has 0 aromatic carbocycles. The van der Waals surface area contributed by atoms with Gasteiger partial charge in [-0.05, 0) is 37.2 Å². The van der Waals surface area contributed by atoms with Crippen LogP contribution in [0.2, 0.25) is 0 Å². The van der Waals surface area contributed by atoms with E-state index in [4.69, 9.17) is 5.73 Å².